The number of aromatic nitrogens is 4. The Hall–Kier alpha value is -4.70. The first kappa shape index (κ1) is 26.7. The molecule has 10 nitrogen and oxygen atoms in total. The molecule has 3 fully saturated rings. The lowest BCUT2D eigenvalue weighted by Gasteiger charge is -2.27. The summed E-state index contributed by atoms with van der Waals surface area (Å²) in [4.78, 5) is 38.3. The molecular formula is C35H35N7O3. The fourth-order valence-electron chi connectivity index (χ4n) is 7.86. The van der Waals surface area contributed by atoms with Crippen LogP contribution in [-0.2, 0) is 20.1 Å². The van der Waals surface area contributed by atoms with Crippen molar-refractivity contribution in [2.45, 2.75) is 50.9 Å². The molecule has 9 rings (SSSR count). The van der Waals surface area contributed by atoms with Crippen molar-refractivity contribution < 1.29 is 14.3 Å². The summed E-state index contributed by atoms with van der Waals surface area (Å²) >= 11 is 0. The van der Waals surface area contributed by atoms with Crippen molar-refractivity contribution in [2.24, 2.45) is 24.6 Å². The van der Waals surface area contributed by atoms with Crippen LogP contribution in [-0.4, -0.2) is 61.6 Å². The number of amides is 2. The van der Waals surface area contributed by atoms with E-state index in [9.17, 15) is 9.59 Å². The van der Waals surface area contributed by atoms with Crippen LogP contribution >= 0.6 is 0 Å². The van der Waals surface area contributed by atoms with Crippen LogP contribution in [0.3, 0.4) is 0 Å². The number of ether oxygens (including phenoxy) is 1. The molecule has 2 aliphatic carbocycles. The van der Waals surface area contributed by atoms with E-state index in [-0.39, 0.29) is 23.9 Å². The van der Waals surface area contributed by atoms with Gasteiger partial charge in [0.1, 0.15) is 16.9 Å². The molecule has 228 valence electrons. The zero-order valence-corrected chi connectivity index (χ0v) is 25.4. The van der Waals surface area contributed by atoms with E-state index in [1.165, 1.54) is 12.8 Å². The highest BCUT2D eigenvalue weighted by Gasteiger charge is 2.47. The van der Waals surface area contributed by atoms with Crippen LogP contribution in [0.1, 0.15) is 52.0 Å². The standard InChI is InChI=1S/C35H35N7O3/c1-40-31-26(12-23(14-29(31)45-2)35(44)42-17-22-8-10-27(42)30(22)36)39-33(40)28-13-20-7-9-25(38-32(20)41(28)16-18-3-4-18)19-5-6-21-15-37-34(43)24(21)11-19/h5-7,9,11-14,18,22,27,30H,3-4,8,10,15-17,36H2,1-2H3,(H,37,43)/t22-,27-,30-/m1/s1. The number of benzene rings is 2. The minimum absolute atomic E-state index is 0.00587. The molecule has 2 aromatic carbocycles. The molecule has 0 unspecified atom stereocenters. The van der Waals surface area contributed by atoms with E-state index < -0.39 is 0 Å². The van der Waals surface area contributed by atoms with Gasteiger partial charge in [-0.15, -0.1) is 0 Å². The van der Waals surface area contributed by atoms with Gasteiger partial charge in [-0.3, -0.25) is 9.59 Å². The SMILES string of the molecule is COc1cc(C(=O)N2C[C@H]3CC[C@@H]2[C@@H]3N)cc2nc(-c3cc4ccc(-c5ccc6c(c5)C(=O)NC6)nc4n3CC3CC3)n(C)c12. The first-order valence-corrected chi connectivity index (χ1v) is 15.9. The molecule has 1 saturated heterocycles. The summed E-state index contributed by atoms with van der Waals surface area (Å²) < 4.78 is 10.2. The van der Waals surface area contributed by atoms with Gasteiger partial charge in [0, 0.05) is 60.8 Å². The first-order chi connectivity index (χ1) is 21.9. The highest BCUT2D eigenvalue weighted by molar-refractivity contribution is 6.01. The van der Waals surface area contributed by atoms with Crippen LogP contribution < -0.4 is 15.8 Å². The molecule has 3 atom stereocenters. The fraction of sp³-hybridized carbons (Fsp3) is 0.371. The molecule has 2 aliphatic heterocycles. The molecule has 2 amide bonds. The van der Waals surface area contributed by atoms with Gasteiger partial charge >= 0.3 is 0 Å². The van der Waals surface area contributed by atoms with E-state index in [2.05, 4.69) is 26.6 Å². The lowest BCUT2D eigenvalue weighted by Crippen LogP contribution is -2.41. The van der Waals surface area contributed by atoms with E-state index in [0.29, 0.717) is 36.2 Å². The maximum Gasteiger partial charge on any atom is 0.254 e. The number of hydrogen-bond acceptors (Lipinski definition) is 6. The Balaban J connectivity index is 1.15. The van der Waals surface area contributed by atoms with E-state index in [1.807, 2.05) is 48.3 Å². The zero-order chi connectivity index (χ0) is 30.6. The molecule has 4 aliphatic rings. The molecule has 45 heavy (non-hydrogen) atoms. The number of nitrogens with two attached hydrogens (primary N) is 1. The number of methoxy groups -OCH3 is 1. The van der Waals surface area contributed by atoms with E-state index in [4.69, 9.17) is 20.4 Å². The summed E-state index contributed by atoms with van der Waals surface area (Å²) in [6.07, 6.45) is 4.45. The van der Waals surface area contributed by atoms with E-state index >= 15 is 0 Å². The summed E-state index contributed by atoms with van der Waals surface area (Å²) in [5.74, 6) is 2.36. The van der Waals surface area contributed by atoms with Crippen molar-refractivity contribution in [3.63, 3.8) is 0 Å². The van der Waals surface area contributed by atoms with Crippen LogP contribution in [0.2, 0.25) is 0 Å². The molecule has 2 saturated carbocycles. The zero-order valence-electron chi connectivity index (χ0n) is 25.4. The van der Waals surface area contributed by atoms with Gasteiger partial charge in [-0.1, -0.05) is 12.1 Å². The normalized spacial score (nSPS) is 22.1. The monoisotopic (exact) mass is 601 g/mol. The van der Waals surface area contributed by atoms with Crippen LogP contribution in [0, 0.1) is 11.8 Å². The molecule has 5 heterocycles. The summed E-state index contributed by atoms with van der Waals surface area (Å²) in [6, 6.07) is 16.2. The van der Waals surface area contributed by atoms with Gasteiger partial charge in [0.05, 0.1) is 24.0 Å². The predicted octanol–water partition coefficient (Wildman–Crippen LogP) is 4.48. The molecule has 2 bridgehead atoms. The van der Waals surface area contributed by atoms with Gasteiger partial charge in [0.25, 0.3) is 11.8 Å². The number of piperidine rings is 1. The van der Waals surface area contributed by atoms with Gasteiger partial charge in [-0.05, 0) is 79.5 Å². The Labute approximate surface area is 260 Å². The number of imidazole rings is 1. The van der Waals surface area contributed by atoms with Gasteiger partial charge in [0.2, 0.25) is 0 Å². The van der Waals surface area contributed by atoms with Crippen molar-refractivity contribution in [1.29, 1.82) is 0 Å². The van der Waals surface area contributed by atoms with E-state index in [1.54, 1.807) is 7.11 Å². The summed E-state index contributed by atoms with van der Waals surface area (Å²) in [5.41, 5.74) is 13.9. The minimum atomic E-state index is -0.0364. The van der Waals surface area contributed by atoms with Gasteiger partial charge in [-0.2, -0.15) is 0 Å². The van der Waals surface area contributed by atoms with Crippen molar-refractivity contribution in [1.82, 2.24) is 29.3 Å². The average Bonchev–Trinajstić information content (AvgIpc) is 3.26. The fourth-order valence-corrected chi connectivity index (χ4v) is 7.86. The van der Waals surface area contributed by atoms with Crippen LogP contribution in [0.15, 0.2) is 48.5 Å². The number of pyridine rings is 1. The van der Waals surface area contributed by atoms with Crippen molar-refractivity contribution >= 4 is 33.9 Å². The number of likely N-dealkylation sites (tertiary alicyclic amines) is 1. The second-order valence-corrected chi connectivity index (χ2v) is 13.2. The third-order valence-electron chi connectivity index (χ3n) is 10.5. The second kappa shape index (κ2) is 9.65. The lowest BCUT2D eigenvalue weighted by molar-refractivity contribution is 0.0700. The number of hydrogen-bond donors (Lipinski definition) is 2. The smallest absolute Gasteiger partial charge is 0.254 e. The Kier molecular flexibility index (Phi) is 5.72. The largest absolute Gasteiger partial charge is 0.494 e. The van der Waals surface area contributed by atoms with Crippen molar-refractivity contribution in [3.05, 3.63) is 65.2 Å². The van der Waals surface area contributed by atoms with Gasteiger partial charge in [0.15, 0.2) is 5.82 Å². The quantitative estimate of drug-likeness (QED) is 0.296. The van der Waals surface area contributed by atoms with Crippen LogP contribution in [0.5, 0.6) is 5.75 Å². The average molecular weight is 602 g/mol. The number of nitrogens with zero attached hydrogens (tertiary/aromatic N) is 5. The van der Waals surface area contributed by atoms with Crippen LogP contribution in [0.25, 0.3) is 44.8 Å². The third kappa shape index (κ3) is 4.04. The highest BCUT2D eigenvalue weighted by atomic mass is 16.5. The van der Waals surface area contributed by atoms with Gasteiger partial charge < -0.3 is 29.8 Å². The maximum absolute atomic E-state index is 13.7. The number of fused-ring (bicyclic) bond motifs is 5. The number of nitrogens with one attached hydrogen (secondary N) is 1. The number of carbonyl (C=O) groups excluding carboxylic acids is 2. The minimum Gasteiger partial charge on any atom is -0.494 e. The molecule has 3 aromatic heterocycles. The Bertz CT molecular complexity index is 2070. The molecule has 3 N–H and O–H groups in total. The third-order valence-corrected chi connectivity index (χ3v) is 10.5. The number of rotatable bonds is 6. The first-order valence-electron chi connectivity index (χ1n) is 15.9. The Morgan fingerprint density at radius 2 is 1.93 bits per heavy atom. The lowest BCUT2D eigenvalue weighted by atomic mass is 10.0. The highest BCUT2D eigenvalue weighted by Crippen LogP contribution is 2.40. The Morgan fingerprint density at radius 1 is 1.07 bits per heavy atom. The van der Waals surface area contributed by atoms with E-state index in [0.717, 1.165) is 75.4 Å². The molecule has 0 spiro atoms. The summed E-state index contributed by atoms with van der Waals surface area (Å²) in [7, 11) is 3.64. The molecular weight excluding hydrogens is 566 g/mol. The molecule has 5 aromatic rings. The predicted molar refractivity (Wildman–Crippen MR) is 171 cm³/mol. The molecule has 10 heteroatoms. The number of carbonyl (C=O) groups is 2. The maximum atomic E-state index is 13.7. The Morgan fingerprint density at radius 3 is 2.69 bits per heavy atom. The summed E-state index contributed by atoms with van der Waals surface area (Å²) in [5, 5.41) is 3.93. The second-order valence-electron chi connectivity index (χ2n) is 13.2. The molecule has 0 radical (unpaired) electrons. The van der Waals surface area contributed by atoms with Crippen molar-refractivity contribution in [2.75, 3.05) is 13.7 Å². The summed E-state index contributed by atoms with van der Waals surface area (Å²) in [6.45, 7) is 2.14. The topological polar surface area (TPSA) is 120 Å². The number of aryl methyl sites for hydroxylation is 1. The van der Waals surface area contributed by atoms with Crippen LogP contribution in [0.4, 0.5) is 0 Å². The van der Waals surface area contributed by atoms with Crippen molar-refractivity contribution in [3.8, 4) is 28.5 Å². The van der Waals surface area contributed by atoms with Gasteiger partial charge in [-0.25, -0.2) is 9.97 Å².